The van der Waals surface area contributed by atoms with Gasteiger partial charge in [0.25, 0.3) is 0 Å². The fraction of sp³-hybridized carbons (Fsp3) is 0.133. The second-order valence-electron chi connectivity index (χ2n) is 4.19. The Morgan fingerprint density at radius 2 is 1.83 bits per heavy atom. The van der Waals surface area contributed by atoms with E-state index in [1.165, 1.54) is 3.57 Å². The summed E-state index contributed by atoms with van der Waals surface area (Å²) in [6.07, 6.45) is 0.456. The van der Waals surface area contributed by atoms with E-state index in [0.29, 0.717) is 6.42 Å². The third-order valence-electron chi connectivity index (χ3n) is 2.76. The molecule has 2 rings (SSSR count). The average Bonchev–Trinajstić information content (AvgIpc) is 2.35. The standard InChI is InChI=1S/C15H12BrIO/c1-10-8-12(4-7-14(10)16)15(18)9-11-2-5-13(17)6-3-11/h2-8H,9H2,1H3. The summed E-state index contributed by atoms with van der Waals surface area (Å²) in [6.45, 7) is 1.99. The van der Waals surface area contributed by atoms with Gasteiger partial charge in [0.1, 0.15) is 0 Å². The lowest BCUT2D eigenvalue weighted by atomic mass is 10.0. The summed E-state index contributed by atoms with van der Waals surface area (Å²) in [6, 6.07) is 13.8. The fourth-order valence-electron chi connectivity index (χ4n) is 1.71. The summed E-state index contributed by atoms with van der Waals surface area (Å²) in [5.74, 6) is 0.159. The largest absolute Gasteiger partial charge is 0.294 e. The Bertz CT molecular complexity index is 576. The van der Waals surface area contributed by atoms with Gasteiger partial charge in [0.2, 0.25) is 0 Å². The number of halogens is 2. The smallest absolute Gasteiger partial charge is 0.167 e. The monoisotopic (exact) mass is 414 g/mol. The zero-order chi connectivity index (χ0) is 13.1. The highest BCUT2D eigenvalue weighted by atomic mass is 127. The maximum absolute atomic E-state index is 12.1. The number of Topliss-reactive ketones (excluding diaryl/α,β-unsaturated/α-hetero) is 1. The van der Waals surface area contributed by atoms with E-state index < -0.39 is 0 Å². The van der Waals surface area contributed by atoms with Crippen molar-refractivity contribution in [3.8, 4) is 0 Å². The average molecular weight is 415 g/mol. The van der Waals surface area contributed by atoms with E-state index in [4.69, 9.17) is 0 Å². The highest BCUT2D eigenvalue weighted by Gasteiger charge is 2.08. The summed E-state index contributed by atoms with van der Waals surface area (Å²) in [5, 5.41) is 0. The van der Waals surface area contributed by atoms with Crippen LogP contribution in [-0.2, 0) is 6.42 Å². The number of hydrogen-bond acceptors (Lipinski definition) is 1. The Balaban J connectivity index is 2.16. The molecular weight excluding hydrogens is 403 g/mol. The van der Waals surface area contributed by atoms with Crippen LogP contribution in [0.25, 0.3) is 0 Å². The SMILES string of the molecule is Cc1cc(C(=O)Cc2ccc(I)cc2)ccc1Br. The van der Waals surface area contributed by atoms with Gasteiger partial charge in [-0.3, -0.25) is 4.79 Å². The summed E-state index contributed by atoms with van der Waals surface area (Å²) in [4.78, 5) is 12.1. The van der Waals surface area contributed by atoms with Crippen LogP contribution >= 0.6 is 38.5 Å². The lowest BCUT2D eigenvalue weighted by molar-refractivity contribution is 0.0993. The molecule has 2 aromatic rings. The lowest BCUT2D eigenvalue weighted by Crippen LogP contribution is -2.03. The van der Waals surface area contributed by atoms with Gasteiger partial charge in [0.05, 0.1) is 0 Å². The Labute approximate surface area is 129 Å². The van der Waals surface area contributed by atoms with Crippen molar-refractivity contribution >= 4 is 44.3 Å². The maximum atomic E-state index is 12.1. The molecule has 0 aliphatic rings. The minimum Gasteiger partial charge on any atom is -0.294 e. The normalized spacial score (nSPS) is 10.4. The molecule has 0 aromatic heterocycles. The van der Waals surface area contributed by atoms with Crippen molar-refractivity contribution in [1.29, 1.82) is 0 Å². The van der Waals surface area contributed by atoms with Crippen LogP contribution in [0.5, 0.6) is 0 Å². The molecule has 0 heterocycles. The number of hydrogen-bond donors (Lipinski definition) is 0. The topological polar surface area (TPSA) is 17.1 Å². The molecule has 0 N–H and O–H groups in total. The van der Waals surface area contributed by atoms with E-state index >= 15 is 0 Å². The molecule has 0 saturated carbocycles. The van der Waals surface area contributed by atoms with E-state index in [2.05, 4.69) is 38.5 Å². The molecule has 0 aliphatic carbocycles. The summed E-state index contributed by atoms with van der Waals surface area (Å²) in [7, 11) is 0. The van der Waals surface area contributed by atoms with Gasteiger partial charge < -0.3 is 0 Å². The number of benzene rings is 2. The van der Waals surface area contributed by atoms with Crippen LogP contribution in [0.1, 0.15) is 21.5 Å². The van der Waals surface area contributed by atoms with Crippen LogP contribution in [0.4, 0.5) is 0 Å². The number of carbonyl (C=O) groups is 1. The van der Waals surface area contributed by atoms with Gasteiger partial charge >= 0.3 is 0 Å². The molecule has 18 heavy (non-hydrogen) atoms. The molecule has 3 heteroatoms. The zero-order valence-corrected chi connectivity index (χ0v) is 13.7. The third-order valence-corrected chi connectivity index (χ3v) is 4.37. The van der Waals surface area contributed by atoms with Crippen LogP contribution in [0.3, 0.4) is 0 Å². The summed E-state index contributed by atoms with van der Waals surface area (Å²) >= 11 is 5.70. The summed E-state index contributed by atoms with van der Waals surface area (Å²) < 4.78 is 2.22. The molecule has 0 atom stereocenters. The third kappa shape index (κ3) is 3.42. The number of rotatable bonds is 3. The second-order valence-corrected chi connectivity index (χ2v) is 6.29. The van der Waals surface area contributed by atoms with Crippen LogP contribution in [-0.4, -0.2) is 5.78 Å². The molecule has 2 aromatic carbocycles. The Hall–Kier alpha value is -0.680. The molecule has 0 saturated heterocycles. The first kappa shape index (κ1) is 13.7. The van der Waals surface area contributed by atoms with Gasteiger partial charge in [-0.05, 0) is 64.9 Å². The van der Waals surface area contributed by atoms with E-state index in [1.54, 1.807) is 0 Å². The molecule has 0 unspecified atom stereocenters. The first-order chi connectivity index (χ1) is 8.56. The first-order valence-corrected chi connectivity index (χ1v) is 7.47. The second kappa shape index (κ2) is 5.97. The van der Waals surface area contributed by atoms with Gasteiger partial charge in [-0.25, -0.2) is 0 Å². The molecule has 0 fully saturated rings. The van der Waals surface area contributed by atoms with Crippen molar-refractivity contribution in [1.82, 2.24) is 0 Å². The Morgan fingerprint density at radius 1 is 1.17 bits per heavy atom. The van der Waals surface area contributed by atoms with Crippen LogP contribution in [0.15, 0.2) is 46.9 Å². The molecule has 92 valence electrons. The van der Waals surface area contributed by atoms with Crippen LogP contribution in [0, 0.1) is 10.5 Å². The van der Waals surface area contributed by atoms with Gasteiger partial charge in [-0.15, -0.1) is 0 Å². The lowest BCUT2D eigenvalue weighted by Gasteiger charge is -2.04. The first-order valence-electron chi connectivity index (χ1n) is 5.60. The highest BCUT2D eigenvalue weighted by molar-refractivity contribution is 14.1. The fourth-order valence-corrected chi connectivity index (χ4v) is 2.31. The molecule has 0 bridgehead atoms. The Kier molecular flexibility index (Phi) is 4.56. The minimum absolute atomic E-state index is 0.159. The zero-order valence-electron chi connectivity index (χ0n) is 9.91. The van der Waals surface area contributed by atoms with E-state index in [9.17, 15) is 4.79 Å². The molecule has 0 spiro atoms. The maximum Gasteiger partial charge on any atom is 0.167 e. The van der Waals surface area contributed by atoms with Crippen molar-refractivity contribution in [3.63, 3.8) is 0 Å². The molecule has 0 aliphatic heterocycles. The number of ketones is 1. The minimum atomic E-state index is 0.159. The van der Waals surface area contributed by atoms with E-state index in [-0.39, 0.29) is 5.78 Å². The molecule has 0 amide bonds. The van der Waals surface area contributed by atoms with Crippen molar-refractivity contribution in [3.05, 3.63) is 67.2 Å². The van der Waals surface area contributed by atoms with Crippen molar-refractivity contribution in [2.24, 2.45) is 0 Å². The Morgan fingerprint density at radius 3 is 2.44 bits per heavy atom. The van der Waals surface area contributed by atoms with Gasteiger partial charge in [0, 0.05) is 20.0 Å². The van der Waals surface area contributed by atoms with Gasteiger partial charge in [0.15, 0.2) is 5.78 Å². The van der Waals surface area contributed by atoms with Crippen LogP contribution in [0.2, 0.25) is 0 Å². The molecular formula is C15H12BrIO. The quantitative estimate of drug-likeness (QED) is 0.521. The van der Waals surface area contributed by atoms with Gasteiger partial charge in [-0.2, -0.15) is 0 Å². The van der Waals surface area contributed by atoms with Crippen molar-refractivity contribution < 1.29 is 4.79 Å². The van der Waals surface area contributed by atoms with E-state index in [1.807, 2.05) is 49.4 Å². The van der Waals surface area contributed by atoms with Gasteiger partial charge in [-0.1, -0.05) is 34.1 Å². The highest BCUT2D eigenvalue weighted by Crippen LogP contribution is 2.18. The van der Waals surface area contributed by atoms with E-state index in [0.717, 1.165) is 21.2 Å². The van der Waals surface area contributed by atoms with Crippen molar-refractivity contribution in [2.75, 3.05) is 0 Å². The molecule has 0 radical (unpaired) electrons. The molecule has 1 nitrogen and oxygen atoms in total. The predicted molar refractivity (Wildman–Crippen MR) is 86.1 cm³/mol. The van der Waals surface area contributed by atoms with Crippen molar-refractivity contribution in [2.45, 2.75) is 13.3 Å². The predicted octanol–water partition coefficient (Wildman–Crippen LogP) is 4.79. The number of aryl methyl sites for hydroxylation is 1. The number of carbonyl (C=O) groups excluding carboxylic acids is 1. The summed E-state index contributed by atoms with van der Waals surface area (Å²) in [5.41, 5.74) is 2.92. The van der Waals surface area contributed by atoms with Crippen LogP contribution < -0.4 is 0 Å².